The van der Waals surface area contributed by atoms with E-state index in [4.69, 9.17) is 0 Å². The highest BCUT2D eigenvalue weighted by Gasteiger charge is 2.55. The van der Waals surface area contributed by atoms with E-state index in [0.29, 0.717) is 31.6 Å². The molecule has 3 aromatic rings. The first-order valence-electron chi connectivity index (χ1n) is 12.3. The van der Waals surface area contributed by atoms with E-state index in [9.17, 15) is 14.7 Å². The summed E-state index contributed by atoms with van der Waals surface area (Å²) in [5.41, 5.74) is 3.43. The van der Waals surface area contributed by atoms with E-state index in [-0.39, 0.29) is 36.0 Å². The minimum Gasteiger partial charge on any atom is -0.396 e. The van der Waals surface area contributed by atoms with Crippen LogP contribution in [0.1, 0.15) is 35.3 Å². The number of nitrogens with one attached hydrogen (secondary N) is 1. The number of allylic oxidation sites excluding steroid dienone is 1. The lowest BCUT2D eigenvalue weighted by atomic mass is 9.88. The van der Waals surface area contributed by atoms with Crippen LogP contribution < -0.4 is 10.9 Å². The molecule has 2 aliphatic rings. The van der Waals surface area contributed by atoms with Crippen molar-refractivity contribution in [2.45, 2.75) is 38.5 Å². The Kier molecular flexibility index (Phi) is 7.02. The number of amides is 1. The van der Waals surface area contributed by atoms with Crippen molar-refractivity contribution in [2.75, 3.05) is 13.2 Å². The number of nitrogens with zero attached hydrogens (tertiary/aromatic N) is 5. The van der Waals surface area contributed by atoms with Crippen molar-refractivity contribution in [3.05, 3.63) is 94.2 Å². The lowest BCUT2D eigenvalue weighted by Gasteiger charge is -2.30. The van der Waals surface area contributed by atoms with Gasteiger partial charge in [0.1, 0.15) is 6.33 Å². The predicted octanol–water partition coefficient (Wildman–Crippen LogP) is 1.59. The normalized spacial score (nSPS) is 23.1. The fraction of sp³-hybridized carbons (Fsp3) is 0.370. The van der Waals surface area contributed by atoms with Gasteiger partial charge in [-0.3, -0.25) is 19.5 Å². The summed E-state index contributed by atoms with van der Waals surface area (Å²) in [6, 6.07) is 6.97. The topological polar surface area (TPSA) is 113 Å². The molecule has 0 radical (unpaired) electrons. The highest BCUT2D eigenvalue weighted by atomic mass is 16.3. The molecule has 9 nitrogen and oxygen atoms in total. The van der Waals surface area contributed by atoms with Crippen LogP contribution in [0.2, 0.25) is 0 Å². The number of carbonyl (C=O) groups excluding carboxylic acids is 1. The maximum atomic E-state index is 13.6. The molecule has 36 heavy (non-hydrogen) atoms. The number of aromatic nitrogens is 4. The number of hydrogen-bond donors (Lipinski definition) is 2. The maximum absolute atomic E-state index is 13.6. The van der Waals surface area contributed by atoms with Crippen LogP contribution in [0.5, 0.6) is 0 Å². The Morgan fingerprint density at radius 3 is 2.64 bits per heavy atom. The number of rotatable bonds is 8. The van der Waals surface area contributed by atoms with Gasteiger partial charge in [-0.1, -0.05) is 12.2 Å². The number of aliphatic hydroxyl groups excluding tert-OH is 1. The molecule has 0 unspecified atom stereocenters. The fourth-order valence-corrected chi connectivity index (χ4v) is 5.71. The number of likely N-dealkylation sites (tertiary alicyclic amines) is 1. The molecule has 2 N–H and O–H groups in total. The van der Waals surface area contributed by atoms with Gasteiger partial charge in [0.25, 0.3) is 5.56 Å². The molecule has 0 aliphatic carbocycles. The lowest BCUT2D eigenvalue weighted by Crippen LogP contribution is -2.48. The van der Waals surface area contributed by atoms with Crippen LogP contribution in [0.15, 0.2) is 66.3 Å². The van der Waals surface area contributed by atoms with Crippen LogP contribution in [0.25, 0.3) is 6.08 Å². The van der Waals surface area contributed by atoms with Crippen molar-refractivity contribution in [1.29, 1.82) is 0 Å². The van der Waals surface area contributed by atoms with Gasteiger partial charge >= 0.3 is 0 Å². The van der Waals surface area contributed by atoms with Crippen LogP contribution >= 0.6 is 0 Å². The second-order valence-electron chi connectivity index (χ2n) is 9.34. The number of carbonyl (C=O) groups is 1. The van der Waals surface area contributed by atoms with Crippen LogP contribution in [0.4, 0.5) is 0 Å². The Labute approximate surface area is 209 Å². The molecule has 0 bridgehead atoms. The summed E-state index contributed by atoms with van der Waals surface area (Å²) in [4.78, 5) is 41.2. The Bertz CT molecular complexity index is 1290. The summed E-state index contributed by atoms with van der Waals surface area (Å²) in [6.45, 7) is 3.13. The van der Waals surface area contributed by atoms with Crippen LogP contribution in [-0.2, 0) is 24.3 Å². The molecule has 1 saturated heterocycles. The molecule has 5 rings (SSSR count). The predicted molar refractivity (Wildman–Crippen MR) is 135 cm³/mol. The van der Waals surface area contributed by atoms with Gasteiger partial charge in [0.15, 0.2) is 0 Å². The van der Waals surface area contributed by atoms with Crippen LogP contribution in [0, 0.1) is 11.8 Å². The van der Waals surface area contributed by atoms with Crippen molar-refractivity contribution in [2.24, 2.45) is 11.8 Å². The van der Waals surface area contributed by atoms with E-state index < -0.39 is 6.04 Å². The molecule has 0 spiro atoms. The third-order valence-electron chi connectivity index (χ3n) is 7.28. The quantitative estimate of drug-likeness (QED) is 0.497. The number of pyridine rings is 2. The molecule has 186 valence electrons. The first-order valence-corrected chi connectivity index (χ1v) is 12.3. The Hall–Kier alpha value is -3.69. The molecule has 0 aromatic carbocycles. The number of hydrogen-bond acceptors (Lipinski definition) is 7. The maximum Gasteiger partial charge on any atom is 0.258 e. The summed E-state index contributed by atoms with van der Waals surface area (Å²) in [6.07, 6.45) is 12.8. The molecular formula is C27H30N6O3. The zero-order valence-corrected chi connectivity index (χ0v) is 20.2. The van der Waals surface area contributed by atoms with Crippen molar-refractivity contribution in [1.82, 2.24) is 29.7 Å². The van der Waals surface area contributed by atoms with Gasteiger partial charge in [-0.05, 0) is 43.2 Å². The van der Waals surface area contributed by atoms with E-state index in [1.165, 1.54) is 6.33 Å². The van der Waals surface area contributed by atoms with Crippen molar-refractivity contribution < 1.29 is 9.90 Å². The monoisotopic (exact) mass is 486 g/mol. The van der Waals surface area contributed by atoms with E-state index >= 15 is 0 Å². The number of fused-ring (bicyclic) bond motifs is 3. The second kappa shape index (κ2) is 10.5. The average molecular weight is 487 g/mol. The van der Waals surface area contributed by atoms with Gasteiger partial charge in [0.2, 0.25) is 5.91 Å². The molecule has 2 aliphatic heterocycles. The van der Waals surface area contributed by atoms with Gasteiger partial charge in [0, 0.05) is 79.7 Å². The van der Waals surface area contributed by atoms with Gasteiger partial charge in [-0.25, -0.2) is 9.97 Å². The molecule has 5 heterocycles. The second-order valence-corrected chi connectivity index (χ2v) is 9.34. The summed E-state index contributed by atoms with van der Waals surface area (Å²) < 4.78 is 1.80. The minimum absolute atomic E-state index is 0.0435. The molecule has 3 aromatic heterocycles. The molecular weight excluding hydrogens is 456 g/mol. The van der Waals surface area contributed by atoms with Gasteiger partial charge in [-0.15, -0.1) is 0 Å². The standard InChI is InChI=1S/C27H30N6O3/c1-2-3-20-4-5-23-24-21(15-32(23)27(20)36)22(16-34)25(33(24)14-19-12-29-17-30-13-19)26(35)31-11-8-18-6-9-28-10-7-18/h2-7,9-10,12-13,17,21-22,24-25,34H,8,11,14-16H2,1H3,(H,31,35)/b3-2-/t21-,22-,24+,25-/m0/s1. The van der Waals surface area contributed by atoms with Crippen LogP contribution in [-0.4, -0.2) is 54.6 Å². The first kappa shape index (κ1) is 24.0. The highest BCUT2D eigenvalue weighted by molar-refractivity contribution is 5.82. The molecule has 0 saturated carbocycles. The van der Waals surface area contributed by atoms with Gasteiger partial charge in [-0.2, -0.15) is 0 Å². The third-order valence-corrected chi connectivity index (χ3v) is 7.28. The zero-order chi connectivity index (χ0) is 25.1. The smallest absolute Gasteiger partial charge is 0.258 e. The van der Waals surface area contributed by atoms with Gasteiger partial charge < -0.3 is 15.0 Å². The molecule has 4 atom stereocenters. The van der Waals surface area contributed by atoms with E-state index in [2.05, 4.69) is 25.2 Å². The summed E-state index contributed by atoms with van der Waals surface area (Å²) >= 11 is 0. The largest absolute Gasteiger partial charge is 0.396 e. The Balaban J connectivity index is 1.46. The average Bonchev–Trinajstić information content (AvgIpc) is 3.42. The fourth-order valence-electron chi connectivity index (χ4n) is 5.71. The third kappa shape index (κ3) is 4.47. The number of aliphatic hydroxyl groups is 1. The molecule has 1 amide bonds. The Morgan fingerprint density at radius 2 is 1.92 bits per heavy atom. The molecule has 9 heteroatoms. The van der Waals surface area contributed by atoms with Gasteiger partial charge in [0.05, 0.1) is 12.1 Å². The highest BCUT2D eigenvalue weighted by Crippen LogP contribution is 2.49. The zero-order valence-electron chi connectivity index (χ0n) is 20.2. The van der Waals surface area contributed by atoms with Crippen LogP contribution in [0.3, 0.4) is 0 Å². The van der Waals surface area contributed by atoms with Crippen molar-refractivity contribution in [3.8, 4) is 0 Å². The SMILES string of the molecule is C/C=C\c1ccc2n(c1=O)C[C@H]1[C@H](CO)[C@@H](C(=O)NCCc3ccncc3)N(Cc3cncnc3)[C@@H]21. The van der Waals surface area contributed by atoms with E-state index in [1.54, 1.807) is 29.4 Å². The molecule has 1 fully saturated rings. The lowest BCUT2D eigenvalue weighted by molar-refractivity contribution is -0.127. The summed E-state index contributed by atoms with van der Waals surface area (Å²) in [5.74, 6) is -0.497. The van der Waals surface area contributed by atoms with E-state index in [0.717, 1.165) is 16.8 Å². The van der Waals surface area contributed by atoms with E-state index in [1.807, 2.05) is 43.3 Å². The summed E-state index contributed by atoms with van der Waals surface area (Å²) in [5, 5.41) is 13.6. The summed E-state index contributed by atoms with van der Waals surface area (Å²) in [7, 11) is 0. The Morgan fingerprint density at radius 1 is 1.14 bits per heavy atom. The van der Waals surface area contributed by atoms with Crippen molar-refractivity contribution in [3.63, 3.8) is 0 Å². The van der Waals surface area contributed by atoms with Crippen molar-refractivity contribution >= 4 is 12.0 Å². The first-order chi connectivity index (χ1) is 17.6. The minimum atomic E-state index is -0.540.